The predicted octanol–water partition coefficient (Wildman–Crippen LogP) is -0.554. The van der Waals surface area contributed by atoms with E-state index in [1.54, 1.807) is 7.05 Å². The van der Waals surface area contributed by atoms with E-state index in [1.165, 1.54) is 57.4 Å². The van der Waals surface area contributed by atoms with Crippen LogP contribution < -0.4 is 5.32 Å². The van der Waals surface area contributed by atoms with Crippen LogP contribution in [0.25, 0.3) is 0 Å². The molecule has 14 nitrogen and oxygen atoms in total. The number of rotatable bonds is 8. The maximum atomic E-state index is 13.0. The first-order valence-electron chi connectivity index (χ1n) is 10.5. The van der Waals surface area contributed by atoms with Gasteiger partial charge in [0.15, 0.2) is 5.71 Å². The van der Waals surface area contributed by atoms with Gasteiger partial charge in [0.1, 0.15) is 22.6 Å². The molecule has 36 heavy (non-hydrogen) atoms. The lowest BCUT2D eigenvalue weighted by atomic mass is 9.89. The predicted molar refractivity (Wildman–Crippen MR) is 126 cm³/mol. The number of carbonyl (C=O) groups is 4. The highest BCUT2D eigenvalue weighted by atomic mass is 32.2. The molecule has 0 aliphatic carbocycles. The first kappa shape index (κ1) is 25.4. The van der Waals surface area contributed by atoms with Gasteiger partial charge in [0.2, 0.25) is 11.1 Å². The van der Waals surface area contributed by atoms with E-state index < -0.39 is 40.6 Å². The Bertz CT molecular complexity index is 1250. The summed E-state index contributed by atoms with van der Waals surface area (Å²) in [6.07, 6.45) is 0. The number of phenolic OH excluding ortho intramolecular Hbond substituents is 1. The average molecular weight is 536 g/mol. The van der Waals surface area contributed by atoms with E-state index in [0.717, 1.165) is 6.92 Å². The molecule has 4 rings (SSSR count). The zero-order valence-electron chi connectivity index (χ0n) is 19.0. The molecule has 2 amide bonds. The van der Waals surface area contributed by atoms with Crippen molar-refractivity contribution < 1.29 is 34.2 Å². The number of phenols is 1. The van der Waals surface area contributed by atoms with Crippen molar-refractivity contribution in [2.45, 2.75) is 23.5 Å². The van der Waals surface area contributed by atoms with Gasteiger partial charge in [-0.05, 0) is 22.6 Å². The van der Waals surface area contributed by atoms with Gasteiger partial charge >= 0.3 is 11.9 Å². The third-order valence-corrected chi connectivity index (χ3v) is 8.43. The Balaban J connectivity index is 1.46. The molecule has 3 N–H and O–H groups in total. The minimum absolute atomic E-state index is 0.0373. The molecule has 0 radical (unpaired) electrons. The molecule has 2 unspecified atom stereocenters. The van der Waals surface area contributed by atoms with Crippen molar-refractivity contribution in [3.8, 4) is 5.75 Å². The Morgan fingerprint density at radius 2 is 2.17 bits per heavy atom. The number of aromatic hydroxyl groups is 1. The van der Waals surface area contributed by atoms with Crippen molar-refractivity contribution in [3.05, 3.63) is 29.8 Å². The number of thioether (sulfide) groups is 2. The number of hydrogen-bond acceptors (Lipinski definition) is 12. The summed E-state index contributed by atoms with van der Waals surface area (Å²) in [6.45, 7) is 1.08. The number of β-lactam (4-membered cyclic amide) rings is 1. The number of aromatic nitrogens is 4. The normalized spacial score (nSPS) is 23.4. The number of oxime groups is 1. The minimum atomic E-state index is -1.23. The van der Waals surface area contributed by atoms with Crippen LogP contribution in [0.5, 0.6) is 5.75 Å². The number of carboxylic acids is 1. The van der Waals surface area contributed by atoms with Crippen LogP contribution in [0.3, 0.4) is 0 Å². The van der Waals surface area contributed by atoms with Gasteiger partial charge in [0.05, 0.1) is 0 Å². The van der Waals surface area contributed by atoms with Crippen molar-refractivity contribution in [2.24, 2.45) is 17.6 Å². The van der Waals surface area contributed by atoms with Crippen molar-refractivity contribution in [3.63, 3.8) is 0 Å². The van der Waals surface area contributed by atoms with Crippen LogP contribution in [0.2, 0.25) is 0 Å². The summed E-state index contributed by atoms with van der Waals surface area (Å²) in [4.78, 5) is 55.3. The van der Waals surface area contributed by atoms with Gasteiger partial charge in [-0.25, -0.2) is 9.48 Å². The highest BCUT2D eigenvalue weighted by Gasteiger charge is 2.57. The van der Waals surface area contributed by atoms with Crippen LogP contribution in [0.4, 0.5) is 0 Å². The van der Waals surface area contributed by atoms with Crippen molar-refractivity contribution in [1.82, 2.24) is 30.4 Å². The van der Waals surface area contributed by atoms with E-state index in [9.17, 15) is 29.4 Å². The molecule has 190 valence electrons. The second-order valence-electron chi connectivity index (χ2n) is 8.15. The van der Waals surface area contributed by atoms with Gasteiger partial charge in [-0.15, -0.1) is 16.9 Å². The van der Waals surface area contributed by atoms with Gasteiger partial charge in [-0.1, -0.05) is 29.1 Å². The van der Waals surface area contributed by atoms with E-state index in [2.05, 4.69) is 30.8 Å². The lowest BCUT2D eigenvalue weighted by Crippen LogP contribution is -2.74. The maximum absolute atomic E-state index is 13.0. The molecular formula is C20H21N7O7S2. The smallest absolute Gasteiger partial charge is 0.332 e. The molecule has 1 aromatic carbocycles. The van der Waals surface area contributed by atoms with Crippen LogP contribution in [-0.4, -0.2) is 94.3 Å². The lowest BCUT2D eigenvalue weighted by molar-refractivity contribution is -0.157. The Hall–Kier alpha value is -3.66. The standard InChI is InChI=1S/C20H21N7O7S2/c1-10(28)34-23-13(11-4-3-5-12(29)6-11)15(30)21-14-16(31)27-7-20(18(32)33,8-35-17(14)27)9-36-19-22-24-25-26(19)2/h3-6,14,17,29H,7-9H2,1-2H3,(H,21,30)(H,32,33)/t14?,17-,20?/m1/s1. The Labute approximate surface area is 212 Å². The summed E-state index contributed by atoms with van der Waals surface area (Å²) in [5, 5.41) is 37.0. The quantitative estimate of drug-likeness (QED) is 0.129. The van der Waals surface area contributed by atoms with Crippen molar-refractivity contribution in [2.75, 3.05) is 18.1 Å². The molecule has 0 bridgehead atoms. The van der Waals surface area contributed by atoms with Crippen LogP contribution in [-0.2, 0) is 31.1 Å². The number of tetrazole rings is 1. The highest BCUT2D eigenvalue weighted by Crippen LogP contribution is 2.44. The second kappa shape index (κ2) is 10.1. The first-order valence-corrected chi connectivity index (χ1v) is 12.5. The number of fused-ring (bicyclic) bond motifs is 1. The largest absolute Gasteiger partial charge is 0.508 e. The summed E-state index contributed by atoms with van der Waals surface area (Å²) < 4.78 is 1.43. The zero-order chi connectivity index (χ0) is 26.0. The third-order valence-electron chi connectivity index (χ3n) is 5.54. The molecule has 16 heteroatoms. The van der Waals surface area contributed by atoms with Gasteiger partial charge < -0.3 is 25.3 Å². The van der Waals surface area contributed by atoms with E-state index in [1.807, 2.05) is 0 Å². The average Bonchev–Trinajstić information content (AvgIpc) is 3.25. The lowest BCUT2D eigenvalue weighted by Gasteiger charge is -2.53. The summed E-state index contributed by atoms with van der Waals surface area (Å²) >= 11 is 2.43. The fourth-order valence-electron chi connectivity index (χ4n) is 3.65. The number of hydrogen-bond donors (Lipinski definition) is 3. The van der Waals surface area contributed by atoms with Gasteiger partial charge in [-0.2, -0.15) is 0 Å². The van der Waals surface area contributed by atoms with Crippen LogP contribution in [0, 0.1) is 5.41 Å². The fourth-order valence-corrected chi connectivity index (χ4v) is 6.36. The number of amides is 2. The minimum Gasteiger partial charge on any atom is -0.508 e. The van der Waals surface area contributed by atoms with E-state index in [0.29, 0.717) is 5.16 Å². The van der Waals surface area contributed by atoms with Crippen LogP contribution in [0.1, 0.15) is 12.5 Å². The SMILES string of the molecule is CC(=O)ON=C(C(=O)NC1C(=O)N2CC(CSc3nnnn3C)(C(=O)O)CS[C@H]12)c1cccc(O)c1. The zero-order valence-corrected chi connectivity index (χ0v) is 20.7. The summed E-state index contributed by atoms with van der Waals surface area (Å²) in [5.41, 5.74) is -1.36. The molecule has 2 aromatic rings. The molecule has 2 aliphatic rings. The third kappa shape index (κ3) is 4.99. The molecular weight excluding hydrogens is 514 g/mol. The monoisotopic (exact) mass is 535 g/mol. The van der Waals surface area contributed by atoms with E-state index in [-0.39, 0.29) is 35.1 Å². The van der Waals surface area contributed by atoms with E-state index >= 15 is 0 Å². The van der Waals surface area contributed by atoms with Gasteiger partial charge in [0.25, 0.3) is 5.91 Å². The summed E-state index contributed by atoms with van der Waals surface area (Å²) in [6, 6.07) is 4.69. The van der Waals surface area contributed by atoms with Crippen LogP contribution in [0.15, 0.2) is 34.6 Å². The molecule has 0 spiro atoms. The number of nitrogens with zero attached hydrogens (tertiary/aromatic N) is 6. The summed E-state index contributed by atoms with van der Waals surface area (Å²) in [7, 11) is 1.64. The fraction of sp³-hybridized carbons (Fsp3) is 0.400. The van der Waals surface area contributed by atoms with Crippen LogP contribution >= 0.6 is 23.5 Å². The molecule has 3 atom stereocenters. The molecule has 2 saturated heterocycles. The molecule has 2 fully saturated rings. The van der Waals surface area contributed by atoms with Gasteiger partial charge in [0, 0.05) is 37.6 Å². The van der Waals surface area contributed by atoms with Gasteiger partial charge in [-0.3, -0.25) is 14.4 Å². The number of benzene rings is 1. The molecule has 3 heterocycles. The number of aryl methyl sites for hydroxylation is 1. The Morgan fingerprint density at radius 3 is 2.81 bits per heavy atom. The number of aliphatic carboxylic acids is 1. The van der Waals surface area contributed by atoms with E-state index in [4.69, 9.17) is 0 Å². The van der Waals surface area contributed by atoms with Crippen molar-refractivity contribution >= 4 is 53.0 Å². The second-order valence-corrected chi connectivity index (χ2v) is 10.2. The highest BCUT2D eigenvalue weighted by molar-refractivity contribution is 8.00. The molecule has 2 aliphatic heterocycles. The first-order chi connectivity index (χ1) is 17.1. The molecule has 0 saturated carbocycles. The Kier molecular flexibility index (Phi) is 7.16. The number of nitrogens with one attached hydrogen (secondary N) is 1. The summed E-state index contributed by atoms with van der Waals surface area (Å²) in [5.74, 6) is -2.83. The number of carbonyl (C=O) groups excluding carboxylic acids is 3. The van der Waals surface area contributed by atoms with Crippen molar-refractivity contribution in [1.29, 1.82) is 0 Å². The molecule has 1 aromatic heterocycles. The number of carboxylic acid groups (broad SMARTS) is 1. The maximum Gasteiger partial charge on any atom is 0.332 e. The topological polar surface area (TPSA) is 189 Å². The Morgan fingerprint density at radius 1 is 1.39 bits per heavy atom.